The van der Waals surface area contributed by atoms with Crippen molar-refractivity contribution in [2.45, 2.75) is 19.4 Å². The average Bonchev–Trinajstić information content (AvgIpc) is 3.22. The van der Waals surface area contributed by atoms with Crippen LogP contribution in [0.4, 0.5) is 11.4 Å². The molecule has 2 aromatic rings. The van der Waals surface area contributed by atoms with Gasteiger partial charge in [0.05, 0.1) is 7.11 Å². The Bertz CT molecular complexity index is 751. The number of hydrogen-bond acceptors (Lipinski definition) is 4. The summed E-state index contributed by atoms with van der Waals surface area (Å²) < 4.78 is 5.09. The number of benzene rings is 2. The molecule has 0 aliphatic carbocycles. The van der Waals surface area contributed by atoms with Gasteiger partial charge in [-0.25, -0.2) is 0 Å². The fourth-order valence-corrected chi connectivity index (χ4v) is 2.92. The summed E-state index contributed by atoms with van der Waals surface area (Å²) in [6.45, 7) is 2.42. The van der Waals surface area contributed by atoms with Gasteiger partial charge >= 0.3 is 11.8 Å². The van der Waals surface area contributed by atoms with Crippen LogP contribution in [-0.2, 0) is 16.1 Å². The van der Waals surface area contributed by atoms with Gasteiger partial charge in [0.1, 0.15) is 5.75 Å². The first kappa shape index (κ1) is 17.8. The lowest BCUT2D eigenvalue weighted by Gasteiger charge is -2.17. The Balaban J connectivity index is 1.49. The maximum atomic E-state index is 12.0. The number of amides is 2. The standard InChI is InChI=1S/C20H23N3O3/c1-26-18-10-4-15(5-11-18)14-21-19(24)20(25)22-16-6-8-17(9-7-16)23-12-2-3-13-23/h4-11H,2-3,12-14H2,1H3,(H,21,24)(H,22,25). The lowest BCUT2D eigenvalue weighted by atomic mass is 10.2. The van der Waals surface area contributed by atoms with E-state index in [0.29, 0.717) is 5.69 Å². The SMILES string of the molecule is COc1ccc(CNC(=O)C(=O)Nc2ccc(N3CCCC3)cc2)cc1. The van der Waals surface area contributed by atoms with E-state index in [-0.39, 0.29) is 6.54 Å². The van der Waals surface area contributed by atoms with Crippen molar-refractivity contribution >= 4 is 23.2 Å². The molecule has 1 fully saturated rings. The van der Waals surface area contributed by atoms with Crippen LogP contribution in [0.2, 0.25) is 0 Å². The number of nitrogens with one attached hydrogen (secondary N) is 2. The van der Waals surface area contributed by atoms with Crippen LogP contribution in [0.25, 0.3) is 0 Å². The maximum absolute atomic E-state index is 12.0. The molecule has 6 heteroatoms. The molecular weight excluding hydrogens is 330 g/mol. The van der Waals surface area contributed by atoms with Gasteiger partial charge in [-0.05, 0) is 54.8 Å². The molecule has 3 rings (SSSR count). The first-order valence-electron chi connectivity index (χ1n) is 8.73. The molecule has 0 radical (unpaired) electrons. The summed E-state index contributed by atoms with van der Waals surface area (Å²) in [6, 6.07) is 14.9. The molecule has 1 aliphatic rings. The lowest BCUT2D eigenvalue weighted by molar-refractivity contribution is -0.136. The predicted octanol–water partition coefficient (Wildman–Crippen LogP) is 2.55. The van der Waals surface area contributed by atoms with Crippen molar-refractivity contribution in [1.29, 1.82) is 0 Å². The summed E-state index contributed by atoms with van der Waals surface area (Å²) in [5, 5.41) is 5.24. The van der Waals surface area contributed by atoms with Crippen molar-refractivity contribution in [3.8, 4) is 5.75 Å². The van der Waals surface area contributed by atoms with Crippen LogP contribution < -0.4 is 20.3 Å². The molecule has 1 heterocycles. The zero-order chi connectivity index (χ0) is 18.4. The normalized spacial score (nSPS) is 13.3. The molecule has 2 amide bonds. The third kappa shape index (κ3) is 4.53. The highest BCUT2D eigenvalue weighted by Crippen LogP contribution is 2.22. The second-order valence-corrected chi connectivity index (χ2v) is 6.23. The molecule has 6 nitrogen and oxygen atoms in total. The third-order valence-electron chi connectivity index (χ3n) is 4.41. The van der Waals surface area contributed by atoms with E-state index in [4.69, 9.17) is 4.74 Å². The number of anilines is 2. The summed E-state index contributed by atoms with van der Waals surface area (Å²) in [6.07, 6.45) is 2.43. The van der Waals surface area contributed by atoms with Crippen LogP contribution >= 0.6 is 0 Å². The minimum Gasteiger partial charge on any atom is -0.497 e. The molecular formula is C20H23N3O3. The predicted molar refractivity (Wildman–Crippen MR) is 101 cm³/mol. The first-order chi connectivity index (χ1) is 12.7. The second kappa shape index (κ2) is 8.38. The molecule has 2 N–H and O–H groups in total. The Morgan fingerprint density at radius 2 is 1.62 bits per heavy atom. The van der Waals surface area contributed by atoms with Crippen LogP contribution in [0, 0.1) is 0 Å². The summed E-state index contributed by atoms with van der Waals surface area (Å²) in [4.78, 5) is 26.3. The van der Waals surface area contributed by atoms with Crippen molar-refractivity contribution in [3.05, 3.63) is 54.1 Å². The smallest absolute Gasteiger partial charge is 0.313 e. The quantitative estimate of drug-likeness (QED) is 0.811. The maximum Gasteiger partial charge on any atom is 0.313 e. The lowest BCUT2D eigenvalue weighted by Crippen LogP contribution is -2.34. The van der Waals surface area contributed by atoms with Gasteiger partial charge in [-0.1, -0.05) is 12.1 Å². The fraction of sp³-hybridized carbons (Fsp3) is 0.300. The van der Waals surface area contributed by atoms with E-state index in [9.17, 15) is 9.59 Å². The molecule has 0 unspecified atom stereocenters. The van der Waals surface area contributed by atoms with E-state index in [2.05, 4.69) is 15.5 Å². The second-order valence-electron chi connectivity index (χ2n) is 6.23. The number of ether oxygens (including phenoxy) is 1. The van der Waals surface area contributed by atoms with Gasteiger partial charge in [-0.15, -0.1) is 0 Å². The Morgan fingerprint density at radius 3 is 2.23 bits per heavy atom. The van der Waals surface area contributed by atoms with E-state index in [1.54, 1.807) is 7.11 Å². The summed E-state index contributed by atoms with van der Waals surface area (Å²) >= 11 is 0. The summed E-state index contributed by atoms with van der Waals surface area (Å²) in [5.41, 5.74) is 2.64. The topological polar surface area (TPSA) is 70.7 Å². The Morgan fingerprint density at radius 1 is 0.962 bits per heavy atom. The van der Waals surface area contributed by atoms with Crippen molar-refractivity contribution in [3.63, 3.8) is 0 Å². The monoisotopic (exact) mass is 353 g/mol. The van der Waals surface area contributed by atoms with Crippen molar-refractivity contribution < 1.29 is 14.3 Å². The van der Waals surface area contributed by atoms with Gasteiger partial charge in [-0.2, -0.15) is 0 Å². The molecule has 1 aliphatic heterocycles. The average molecular weight is 353 g/mol. The van der Waals surface area contributed by atoms with Gasteiger partial charge in [0.25, 0.3) is 0 Å². The van der Waals surface area contributed by atoms with Gasteiger partial charge in [0.15, 0.2) is 0 Å². The van der Waals surface area contributed by atoms with Gasteiger partial charge in [0, 0.05) is 31.0 Å². The van der Waals surface area contributed by atoms with E-state index in [1.807, 2.05) is 48.5 Å². The Kier molecular flexibility index (Phi) is 5.73. The van der Waals surface area contributed by atoms with Crippen molar-refractivity contribution in [1.82, 2.24) is 5.32 Å². The minimum absolute atomic E-state index is 0.282. The molecule has 0 saturated carbocycles. The highest BCUT2D eigenvalue weighted by Gasteiger charge is 2.15. The number of hydrogen-bond donors (Lipinski definition) is 2. The molecule has 2 aromatic carbocycles. The molecule has 0 atom stereocenters. The van der Waals surface area contributed by atoms with Gasteiger partial charge < -0.3 is 20.3 Å². The molecule has 136 valence electrons. The van der Waals surface area contributed by atoms with Gasteiger partial charge in [0.2, 0.25) is 0 Å². The first-order valence-corrected chi connectivity index (χ1v) is 8.73. The summed E-state index contributed by atoms with van der Waals surface area (Å²) in [5.74, 6) is -0.591. The largest absolute Gasteiger partial charge is 0.497 e. The third-order valence-corrected chi connectivity index (χ3v) is 4.41. The van der Waals surface area contributed by atoms with Crippen LogP contribution in [0.3, 0.4) is 0 Å². The van der Waals surface area contributed by atoms with E-state index in [1.165, 1.54) is 12.8 Å². The highest BCUT2D eigenvalue weighted by atomic mass is 16.5. The van der Waals surface area contributed by atoms with E-state index in [0.717, 1.165) is 30.1 Å². The molecule has 0 spiro atoms. The summed E-state index contributed by atoms with van der Waals surface area (Å²) in [7, 11) is 1.60. The zero-order valence-electron chi connectivity index (χ0n) is 14.8. The van der Waals surface area contributed by atoms with E-state index >= 15 is 0 Å². The fourth-order valence-electron chi connectivity index (χ4n) is 2.92. The van der Waals surface area contributed by atoms with Gasteiger partial charge in [-0.3, -0.25) is 9.59 Å². The number of nitrogens with zero attached hydrogens (tertiary/aromatic N) is 1. The molecule has 1 saturated heterocycles. The van der Waals surface area contributed by atoms with Crippen LogP contribution in [0.1, 0.15) is 18.4 Å². The molecule has 0 aromatic heterocycles. The number of rotatable bonds is 5. The zero-order valence-corrected chi connectivity index (χ0v) is 14.8. The van der Waals surface area contributed by atoms with Crippen LogP contribution in [0.15, 0.2) is 48.5 Å². The van der Waals surface area contributed by atoms with Crippen LogP contribution in [-0.4, -0.2) is 32.0 Å². The Hall–Kier alpha value is -3.02. The minimum atomic E-state index is -0.674. The number of methoxy groups -OCH3 is 1. The number of carbonyl (C=O) groups is 2. The Labute approximate surface area is 153 Å². The van der Waals surface area contributed by atoms with Crippen LogP contribution in [0.5, 0.6) is 5.75 Å². The highest BCUT2D eigenvalue weighted by molar-refractivity contribution is 6.39. The van der Waals surface area contributed by atoms with Crippen molar-refractivity contribution in [2.75, 3.05) is 30.4 Å². The van der Waals surface area contributed by atoms with Crippen molar-refractivity contribution in [2.24, 2.45) is 0 Å². The molecule has 26 heavy (non-hydrogen) atoms. The van der Waals surface area contributed by atoms with E-state index < -0.39 is 11.8 Å². The molecule has 0 bridgehead atoms. The number of carbonyl (C=O) groups excluding carboxylic acids is 2.